The number of nitrogens with zero attached hydrogens (tertiary/aromatic N) is 8. The summed E-state index contributed by atoms with van der Waals surface area (Å²) in [5.74, 6) is 2.29. The van der Waals surface area contributed by atoms with Crippen LogP contribution in [0.25, 0.3) is 84.2 Å². The maximum atomic E-state index is 5.22. The molecular formula is C41H26N8. The fourth-order valence-electron chi connectivity index (χ4n) is 6.79. The molecule has 49 heavy (non-hydrogen) atoms. The van der Waals surface area contributed by atoms with Gasteiger partial charge in [0.05, 0.1) is 22.1 Å². The molecule has 230 valence electrons. The van der Waals surface area contributed by atoms with E-state index < -0.39 is 0 Å². The van der Waals surface area contributed by atoms with E-state index in [-0.39, 0.29) is 0 Å². The van der Waals surface area contributed by atoms with Gasteiger partial charge in [0.2, 0.25) is 0 Å². The van der Waals surface area contributed by atoms with Crippen LogP contribution in [-0.4, -0.2) is 38.7 Å². The van der Waals surface area contributed by atoms with Crippen molar-refractivity contribution in [1.82, 2.24) is 38.7 Å². The van der Waals surface area contributed by atoms with Gasteiger partial charge in [0.15, 0.2) is 23.1 Å². The van der Waals surface area contributed by atoms with Crippen molar-refractivity contribution in [3.63, 3.8) is 0 Å². The molecule has 5 aromatic heterocycles. The van der Waals surface area contributed by atoms with Crippen LogP contribution in [0.1, 0.15) is 0 Å². The van der Waals surface area contributed by atoms with Crippen LogP contribution >= 0.6 is 0 Å². The molecule has 0 saturated heterocycles. The van der Waals surface area contributed by atoms with Gasteiger partial charge in [-0.15, -0.1) is 5.10 Å². The van der Waals surface area contributed by atoms with Gasteiger partial charge in [-0.1, -0.05) is 103 Å². The highest BCUT2D eigenvalue weighted by molar-refractivity contribution is 6.18. The Balaban J connectivity index is 1.21. The molecule has 0 aliphatic rings. The van der Waals surface area contributed by atoms with Gasteiger partial charge in [-0.2, -0.15) is 4.98 Å². The van der Waals surface area contributed by atoms with Crippen molar-refractivity contribution in [2.45, 2.75) is 0 Å². The molecule has 0 bridgehead atoms. The zero-order valence-electron chi connectivity index (χ0n) is 26.1. The summed E-state index contributed by atoms with van der Waals surface area (Å²) in [6, 6.07) is 49.4. The predicted octanol–water partition coefficient (Wildman–Crippen LogP) is 8.96. The number of para-hydroxylation sites is 2. The minimum absolute atomic E-state index is 0.529. The standard InChI is InChI=1S/C41H26N8/c1-4-13-27(14-5-1)37-42-38(28-15-6-2-7-16-28)44-39(43-37)33-20-12-25-48-40(33)45-41(46-48)49-35-21-11-10-19-30(35)31-22-23-34-32(36(31)49)24-26-47(34)29-17-8-3-9-18-29/h1-26H. The third-order valence-corrected chi connectivity index (χ3v) is 9.03. The van der Waals surface area contributed by atoms with Crippen molar-refractivity contribution in [3.8, 4) is 45.8 Å². The second-order valence-electron chi connectivity index (χ2n) is 11.9. The van der Waals surface area contributed by atoms with Crippen molar-refractivity contribution in [2.24, 2.45) is 0 Å². The van der Waals surface area contributed by atoms with Crippen LogP contribution in [0.15, 0.2) is 158 Å². The second-order valence-corrected chi connectivity index (χ2v) is 11.9. The summed E-state index contributed by atoms with van der Waals surface area (Å²) in [5.41, 5.74) is 7.55. The Morgan fingerprint density at radius 1 is 0.429 bits per heavy atom. The lowest BCUT2D eigenvalue weighted by Gasteiger charge is -2.08. The lowest BCUT2D eigenvalue weighted by atomic mass is 10.1. The average Bonchev–Trinajstić information content (AvgIpc) is 3.89. The van der Waals surface area contributed by atoms with Gasteiger partial charge in [0.25, 0.3) is 5.95 Å². The Kier molecular flexibility index (Phi) is 6.01. The molecule has 10 rings (SSSR count). The van der Waals surface area contributed by atoms with Gasteiger partial charge < -0.3 is 4.57 Å². The van der Waals surface area contributed by atoms with Crippen LogP contribution in [0, 0.1) is 0 Å². The van der Waals surface area contributed by atoms with Crippen LogP contribution < -0.4 is 0 Å². The fourth-order valence-corrected chi connectivity index (χ4v) is 6.79. The van der Waals surface area contributed by atoms with Crippen molar-refractivity contribution in [1.29, 1.82) is 0 Å². The number of hydrogen-bond donors (Lipinski definition) is 0. The summed E-state index contributed by atoms with van der Waals surface area (Å²) in [7, 11) is 0. The average molecular weight is 631 g/mol. The molecule has 0 saturated carbocycles. The van der Waals surface area contributed by atoms with E-state index in [1.165, 1.54) is 0 Å². The van der Waals surface area contributed by atoms with Gasteiger partial charge in [-0.3, -0.25) is 4.57 Å². The molecule has 0 fully saturated rings. The maximum Gasteiger partial charge on any atom is 0.254 e. The Hall–Kier alpha value is -6.93. The molecule has 0 aliphatic carbocycles. The third-order valence-electron chi connectivity index (χ3n) is 9.03. The topological polar surface area (TPSA) is 78.7 Å². The Morgan fingerprint density at radius 2 is 1.08 bits per heavy atom. The number of benzene rings is 5. The highest BCUT2D eigenvalue weighted by Crippen LogP contribution is 2.37. The third kappa shape index (κ3) is 4.35. The number of pyridine rings is 1. The molecule has 0 N–H and O–H groups in total. The molecule has 0 radical (unpaired) electrons. The molecule has 8 heteroatoms. The lowest BCUT2D eigenvalue weighted by Crippen LogP contribution is -2.01. The predicted molar refractivity (Wildman–Crippen MR) is 194 cm³/mol. The van der Waals surface area contributed by atoms with E-state index in [1.54, 1.807) is 0 Å². The summed E-state index contributed by atoms with van der Waals surface area (Å²) < 4.78 is 6.22. The van der Waals surface area contributed by atoms with E-state index in [9.17, 15) is 0 Å². The van der Waals surface area contributed by atoms with Gasteiger partial charge in [0, 0.05) is 45.4 Å². The number of hydrogen-bond acceptors (Lipinski definition) is 5. The first-order valence-corrected chi connectivity index (χ1v) is 16.1. The van der Waals surface area contributed by atoms with Crippen LogP contribution in [-0.2, 0) is 0 Å². The smallest absolute Gasteiger partial charge is 0.254 e. The molecule has 0 unspecified atom stereocenters. The summed E-state index contributed by atoms with van der Waals surface area (Å²) in [5, 5.41) is 8.47. The molecule has 10 aromatic rings. The minimum atomic E-state index is 0.529. The molecule has 5 heterocycles. The van der Waals surface area contributed by atoms with E-state index in [2.05, 4.69) is 82.1 Å². The van der Waals surface area contributed by atoms with E-state index in [0.717, 1.165) is 55.1 Å². The van der Waals surface area contributed by atoms with Crippen molar-refractivity contribution >= 4 is 38.4 Å². The van der Waals surface area contributed by atoms with Crippen LogP contribution in [0.3, 0.4) is 0 Å². The Labute approximate surface area is 280 Å². The van der Waals surface area contributed by atoms with E-state index in [0.29, 0.717) is 29.1 Å². The maximum absolute atomic E-state index is 5.22. The van der Waals surface area contributed by atoms with E-state index in [4.69, 9.17) is 25.0 Å². The van der Waals surface area contributed by atoms with E-state index in [1.807, 2.05) is 89.6 Å². The Bertz CT molecular complexity index is 2760. The highest BCUT2D eigenvalue weighted by atomic mass is 15.4. The van der Waals surface area contributed by atoms with Crippen LogP contribution in [0.5, 0.6) is 0 Å². The first-order chi connectivity index (χ1) is 24.3. The summed E-state index contributed by atoms with van der Waals surface area (Å²) in [6.45, 7) is 0. The van der Waals surface area contributed by atoms with Gasteiger partial charge >= 0.3 is 0 Å². The molecule has 0 amide bonds. The fraction of sp³-hybridized carbons (Fsp3) is 0. The van der Waals surface area contributed by atoms with Gasteiger partial charge in [0.1, 0.15) is 0 Å². The first kappa shape index (κ1) is 27.2. The van der Waals surface area contributed by atoms with Crippen molar-refractivity contribution in [3.05, 3.63) is 158 Å². The number of fused-ring (bicyclic) bond motifs is 6. The largest absolute Gasteiger partial charge is 0.316 e. The van der Waals surface area contributed by atoms with Gasteiger partial charge in [-0.25, -0.2) is 19.5 Å². The quantitative estimate of drug-likeness (QED) is 0.190. The SMILES string of the molecule is c1ccc(-c2nc(-c3ccccc3)nc(-c3cccn4nc(-n5c6ccccc6c6ccc7c(ccn7-c7ccccc7)c65)nc34)n2)cc1. The molecule has 8 nitrogen and oxygen atoms in total. The monoisotopic (exact) mass is 630 g/mol. The minimum Gasteiger partial charge on any atom is -0.316 e. The second kappa shape index (κ2) is 10.8. The molecular weight excluding hydrogens is 605 g/mol. The molecule has 0 aliphatic heterocycles. The molecule has 0 spiro atoms. The lowest BCUT2D eigenvalue weighted by molar-refractivity contribution is 0.916. The van der Waals surface area contributed by atoms with Crippen LogP contribution in [0.4, 0.5) is 0 Å². The number of aromatic nitrogens is 8. The van der Waals surface area contributed by atoms with Gasteiger partial charge in [-0.05, 0) is 42.5 Å². The molecule has 5 aromatic carbocycles. The molecule has 0 atom stereocenters. The van der Waals surface area contributed by atoms with Crippen molar-refractivity contribution in [2.75, 3.05) is 0 Å². The zero-order chi connectivity index (χ0) is 32.3. The number of rotatable bonds is 5. The van der Waals surface area contributed by atoms with E-state index >= 15 is 0 Å². The summed E-state index contributed by atoms with van der Waals surface area (Å²) in [6.07, 6.45) is 4.05. The Morgan fingerprint density at radius 3 is 1.82 bits per heavy atom. The summed E-state index contributed by atoms with van der Waals surface area (Å²) >= 11 is 0. The summed E-state index contributed by atoms with van der Waals surface area (Å²) in [4.78, 5) is 20.1. The zero-order valence-corrected chi connectivity index (χ0v) is 26.1. The highest BCUT2D eigenvalue weighted by Gasteiger charge is 2.21. The normalized spacial score (nSPS) is 11.7. The first-order valence-electron chi connectivity index (χ1n) is 16.1. The van der Waals surface area contributed by atoms with Crippen molar-refractivity contribution < 1.29 is 0 Å². The van der Waals surface area contributed by atoms with Crippen LogP contribution in [0.2, 0.25) is 0 Å².